The highest BCUT2D eigenvalue weighted by atomic mass is 15.1. The standard InChI is InChI=1S/C15H32N2/c1-6-15(5,11-16-7-2)13-17-10-8-9-14(3,4)12-17/h16H,6-13H2,1-5H3. The predicted octanol–water partition coefficient (Wildman–Crippen LogP) is 3.13. The van der Waals surface area contributed by atoms with E-state index in [4.69, 9.17) is 0 Å². The van der Waals surface area contributed by atoms with E-state index in [0.717, 1.165) is 13.1 Å². The van der Waals surface area contributed by atoms with Gasteiger partial charge in [-0.05, 0) is 43.2 Å². The fourth-order valence-corrected chi connectivity index (χ4v) is 2.94. The van der Waals surface area contributed by atoms with Crippen LogP contribution >= 0.6 is 0 Å². The molecule has 17 heavy (non-hydrogen) atoms. The number of nitrogens with zero attached hydrogens (tertiary/aromatic N) is 1. The number of rotatable bonds is 6. The molecule has 1 aliphatic rings. The van der Waals surface area contributed by atoms with Crippen LogP contribution in [-0.4, -0.2) is 37.6 Å². The summed E-state index contributed by atoms with van der Waals surface area (Å²) in [5.74, 6) is 0. The van der Waals surface area contributed by atoms with Crippen LogP contribution in [0, 0.1) is 10.8 Å². The van der Waals surface area contributed by atoms with Gasteiger partial charge in [0.1, 0.15) is 0 Å². The number of nitrogens with one attached hydrogen (secondary N) is 1. The van der Waals surface area contributed by atoms with Gasteiger partial charge in [0.25, 0.3) is 0 Å². The molecule has 0 saturated carbocycles. The third-order valence-electron chi connectivity index (χ3n) is 4.24. The maximum atomic E-state index is 3.52. The molecule has 1 aliphatic heterocycles. The fourth-order valence-electron chi connectivity index (χ4n) is 2.94. The fraction of sp³-hybridized carbons (Fsp3) is 1.00. The van der Waals surface area contributed by atoms with Crippen molar-refractivity contribution in [2.24, 2.45) is 10.8 Å². The van der Waals surface area contributed by atoms with Crippen molar-refractivity contribution in [3.8, 4) is 0 Å². The minimum Gasteiger partial charge on any atom is -0.316 e. The maximum Gasteiger partial charge on any atom is 0.00476 e. The van der Waals surface area contributed by atoms with E-state index < -0.39 is 0 Å². The second kappa shape index (κ2) is 6.19. The van der Waals surface area contributed by atoms with Gasteiger partial charge in [-0.15, -0.1) is 0 Å². The van der Waals surface area contributed by atoms with Crippen molar-refractivity contribution in [3.05, 3.63) is 0 Å². The molecular weight excluding hydrogens is 208 g/mol. The van der Waals surface area contributed by atoms with Crippen molar-refractivity contribution >= 4 is 0 Å². The Balaban J connectivity index is 2.49. The molecule has 0 aromatic carbocycles. The smallest absolute Gasteiger partial charge is 0.00476 e. The second-order valence-corrected chi connectivity index (χ2v) is 6.92. The van der Waals surface area contributed by atoms with Gasteiger partial charge < -0.3 is 10.2 Å². The summed E-state index contributed by atoms with van der Waals surface area (Å²) in [5.41, 5.74) is 0.953. The zero-order chi connectivity index (χ0) is 12.9. The summed E-state index contributed by atoms with van der Waals surface area (Å²) in [7, 11) is 0. The summed E-state index contributed by atoms with van der Waals surface area (Å²) < 4.78 is 0. The molecule has 1 atom stereocenters. The zero-order valence-electron chi connectivity index (χ0n) is 12.6. The first kappa shape index (κ1) is 15.0. The van der Waals surface area contributed by atoms with Crippen LogP contribution in [0.4, 0.5) is 0 Å². The minimum atomic E-state index is 0.434. The highest BCUT2D eigenvalue weighted by molar-refractivity contribution is 4.85. The molecule has 0 radical (unpaired) electrons. The molecule has 0 spiro atoms. The average molecular weight is 240 g/mol. The predicted molar refractivity (Wildman–Crippen MR) is 76.4 cm³/mol. The average Bonchev–Trinajstić information content (AvgIpc) is 2.25. The van der Waals surface area contributed by atoms with Gasteiger partial charge in [-0.2, -0.15) is 0 Å². The van der Waals surface area contributed by atoms with Crippen LogP contribution in [0.5, 0.6) is 0 Å². The zero-order valence-corrected chi connectivity index (χ0v) is 12.6. The van der Waals surface area contributed by atoms with E-state index >= 15 is 0 Å². The number of hydrogen-bond donors (Lipinski definition) is 1. The molecule has 2 nitrogen and oxygen atoms in total. The van der Waals surface area contributed by atoms with E-state index in [2.05, 4.69) is 44.8 Å². The van der Waals surface area contributed by atoms with Gasteiger partial charge in [0.05, 0.1) is 0 Å². The number of piperidine rings is 1. The summed E-state index contributed by atoms with van der Waals surface area (Å²) in [6.45, 7) is 17.8. The number of hydrogen-bond acceptors (Lipinski definition) is 2. The summed E-state index contributed by atoms with van der Waals surface area (Å²) in [6, 6.07) is 0. The van der Waals surface area contributed by atoms with Gasteiger partial charge in [0.15, 0.2) is 0 Å². The van der Waals surface area contributed by atoms with E-state index in [1.165, 1.54) is 38.9 Å². The summed E-state index contributed by atoms with van der Waals surface area (Å²) in [5, 5.41) is 3.52. The van der Waals surface area contributed by atoms with Crippen molar-refractivity contribution in [1.82, 2.24) is 10.2 Å². The van der Waals surface area contributed by atoms with E-state index in [-0.39, 0.29) is 0 Å². The Morgan fingerprint density at radius 1 is 1.29 bits per heavy atom. The van der Waals surface area contributed by atoms with Crippen molar-refractivity contribution in [2.75, 3.05) is 32.7 Å². The SMILES string of the molecule is CCNCC(C)(CC)CN1CCCC(C)(C)C1. The molecule has 1 N–H and O–H groups in total. The van der Waals surface area contributed by atoms with Crippen molar-refractivity contribution in [3.63, 3.8) is 0 Å². The Labute approximate surface area is 108 Å². The molecule has 0 bridgehead atoms. The number of likely N-dealkylation sites (tertiary alicyclic amines) is 1. The lowest BCUT2D eigenvalue weighted by Gasteiger charge is -2.42. The maximum absolute atomic E-state index is 3.52. The molecule has 2 heteroatoms. The molecular formula is C15H32N2. The van der Waals surface area contributed by atoms with Crippen LogP contribution in [0.2, 0.25) is 0 Å². The first-order chi connectivity index (χ1) is 7.91. The highest BCUT2D eigenvalue weighted by Gasteiger charge is 2.31. The minimum absolute atomic E-state index is 0.434. The van der Waals surface area contributed by atoms with E-state index in [0.29, 0.717) is 10.8 Å². The van der Waals surface area contributed by atoms with Gasteiger partial charge in [0.2, 0.25) is 0 Å². The summed E-state index contributed by atoms with van der Waals surface area (Å²) in [6.07, 6.45) is 4.02. The Hall–Kier alpha value is -0.0800. The molecule has 1 fully saturated rings. The third-order valence-corrected chi connectivity index (χ3v) is 4.24. The van der Waals surface area contributed by atoms with Gasteiger partial charge in [-0.1, -0.05) is 34.6 Å². The largest absolute Gasteiger partial charge is 0.316 e. The lowest BCUT2D eigenvalue weighted by molar-refractivity contribution is 0.0729. The monoisotopic (exact) mass is 240 g/mol. The lowest BCUT2D eigenvalue weighted by Crippen LogP contribution is -2.47. The molecule has 102 valence electrons. The van der Waals surface area contributed by atoms with Crippen molar-refractivity contribution in [1.29, 1.82) is 0 Å². The first-order valence-corrected chi connectivity index (χ1v) is 7.34. The first-order valence-electron chi connectivity index (χ1n) is 7.34. The van der Waals surface area contributed by atoms with Crippen LogP contribution in [0.1, 0.15) is 53.9 Å². The van der Waals surface area contributed by atoms with E-state index in [9.17, 15) is 0 Å². The van der Waals surface area contributed by atoms with Gasteiger partial charge in [-0.3, -0.25) is 0 Å². The molecule has 0 amide bonds. The quantitative estimate of drug-likeness (QED) is 0.767. The van der Waals surface area contributed by atoms with Crippen molar-refractivity contribution in [2.45, 2.75) is 53.9 Å². The van der Waals surface area contributed by atoms with Crippen LogP contribution < -0.4 is 5.32 Å². The summed E-state index contributed by atoms with van der Waals surface area (Å²) in [4.78, 5) is 2.68. The Morgan fingerprint density at radius 2 is 2.00 bits per heavy atom. The molecule has 1 rings (SSSR count). The van der Waals surface area contributed by atoms with Crippen LogP contribution in [0.3, 0.4) is 0 Å². The van der Waals surface area contributed by atoms with Gasteiger partial charge >= 0.3 is 0 Å². The van der Waals surface area contributed by atoms with Crippen LogP contribution in [-0.2, 0) is 0 Å². The molecule has 1 unspecified atom stereocenters. The molecule has 0 aliphatic carbocycles. The third kappa shape index (κ3) is 4.97. The molecule has 1 saturated heterocycles. The lowest BCUT2D eigenvalue weighted by atomic mass is 9.81. The molecule has 0 aromatic heterocycles. The van der Waals surface area contributed by atoms with E-state index in [1.807, 2.05) is 0 Å². The Morgan fingerprint density at radius 3 is 2.53 bits per heavy atom. The molecule has 1 heterocycles. The van der Waals surface area contributed by atoms with Gasteiger partial charge in [-0.25, -0.2) is 0 Å². The Bertz CT molecular complexity index is 225. The topological polar surface area (TPSA) is 15.3 Å². The summed E-state index contributed by atoms with van der Waals surface area (Å²) >= 11 is 0. The van der Waals surface area contributed by atoms with Gasteiger partial charge in [0, 0.05) is 19.6 Å². The van der Waals surface area contributed by atoms with Crippen molar-refractivity contribution < 1.29 is 0 Å². The Kier molecular flexibility index (Phi) is 5.46. The molecule has 0 aromatic rings. The van der Waals surface area contributed by atoms with E-state index in [1.54, 1.807) is 0 Å². The normalized spacial score (nSPS) is 24.5. The highest BCUT2D eigenvalue weighted by Crippen LogP contribution is 2.31. The van der Waals surface area contributed by atoms with Crippen LogP contribution in [0.15, 0.2) is 0 Å². The second-order valence-electron chi connectivity index (χ2n) is 6.92. The van der Waals surface area contributed by atoms with Crippen LogP contribution in [0.25, 0.3) is 0 Å².